The number of benzene rings is 1. The molecular weight excluding hydrogens is 162 g/mol. The van der Waals surface area contributed by atoms with E-state index in [0.717, 1.165) is 0 Å². The Labute approximate surface area is 79.1 Å². The predicted octanol–water partition coefficient (Wildman–Crippen LogP) is 0.757. The van der Waals surface area contributed by atoms with Crippen LogP contribution in [0.3, 0.4) is 0 Å². The highest BCUT2D eigenvalue weighted by Crippen LogP contribution is 2.00. The molecule has 1 aromatic carbocycles. The van der Waals surface area contributed by atoms with Crippen molar-refractivity contribution in [3.05, 3.63) is 35.9 Å². The molecule has 0 aromatic heterocycles. The molecule has 0 amide bonds. The van der Waals surface area contributed by atoms with E-state index >= 15 is 0 Å². The van der Waals surface area contributed by atoms with Gasteiger partial charge in [-0.05, 0) is 12.0 Å². The van der Waals surface area contributed by atoms with Crippen molar-refractivity contribution in [1.82, 2.24) is 5.32 Å². The van der Waals surface area contributed by atoms with Gasteiger partial charge in [0.15, 0.2) is 0 Å². The van der Waals surface area contributed by atoms with E-state index in [1.807, 2.05) is 37.3 Å². The van der Waals surface area contributed by atoms with Crippen LogP contribution in [0.5, 0.6) is 0 Å². The molecule has 0 aliphatic rings. The number of nitrogens with one attached hydrogen (secondary N) is 1. The Hall–Kier alpha value is -0.900. The van der Waals surface area contributed by atoms with Gasteiger partial charge in [-0.2, -0.15) is 0 Å². The van der Waals surface area contributed by atoms with Crippen molar-refractivity contribution in [2.24, 2.45) is 11.5 Å². The van der Waals surface area contributed by atoms with Crippen LogP contribution in [-0.4, -0.2) is 5.79 Å². The molecule has 0 spiro atoms. The Balaban J connectivity index is 2.44. The van der Waals surface area contributed by atoms with E-state index < -0.39 is 5.79 Å². The maximum absolute atomic E-state index is 5.73. The van der Waals surface area contributed by atoms with Gasteiger partial charge < -0.3 is 11.5 Å². The summed E-state index contributed by atoms with van der Waals surface area (Å²) in [7, 11) is 0. The lowest BCUT2D eigenvalue weighted by atomic mass is 10.2. The van der Waals surface area contributed by atoms with Gasteiger partial charge in [0.25, 0.3) is 0 Å². The maximum atomic E-state index is 5.73. The Morgan fingerprint density at radius 1 is 1.23 bits per heavy atom. The van der Waals surface area contributed by atoms with E-state index in [4.69, 9.17) is 11.5 Å². The molecule has 1 rings (SSSR count). The SMILES string of the molecule is CCC(N)(N)NCc1ccccc1. The summed E-state index contributed by atoms with van der Waals surface area (Å²) in [5, 5.41) is 3.08. The molecule has 0 saturated carbocycles. The van der Waals surface area contributed by atoms with Crippen molar-refractivity contribution in [1.29, 1.82) is 0 Å². The quantitative estimate of drug-likeness (QED) is 0.598. The summed E-state index contributed by atoms with van der Waals surface area (Å²) in [5.74, 6) is -0.754. The standard InChI is InChI=1S/C10H17N3/c1-2-10(11,12)13-8-9-6-4-3-5-7-9/h3-7,13H,2,8,11-12H2,1H3. The molecule has 0 saturated heterocycles. The zero-order valence-corrected chi connectivity index (χ0v) is 7.96. The third-order valence-electron chi connectivity index (χ3n) is 2.05. The molecule has 3 nitrogen and oxygen atoms in total. The zero-order chi connectivity index (χ0) is 9.73. The van der Waals surface area contributed by atoms with Crippen LogP contribution in [-0.2, 0) is 6.54 Å². The molecule has 0 aliphatic heterocycles. The van der Waals surface area contributed by atoms with Crippen molar-refractivity contribution in [3.63, 3.8) is 0 Å². The van der Waals surface area contributed by atoms with Crippen molar-refractivity contribution in [2.45, 2.75) is 25.7 Å². The van der Waals surface area contributed by atoms with Gasteiger partial charge in [-0.15, -0.1) is 0 Å². The number of hydrogen-bond donors (Lipinski definition) is 3. The molecule has 0 radical (unpaired) electrons. The highest BCUT2D eigenvalue weighted by atomic mass is 15.2. The third-order valence-corrected chi connectivity index (χ3v) is 2.05. The fourth-order valence-electron chi connectivity index (χ4n) is 0.987. The first-order valence-electron chi connectivity index (χ1n) is 4.51. The second-order valence-corrected chi connectivity index (χ2v) is 3.23. The van der Waals surface area contributed by atoms with Crippen LogP contribution in [0.15, 0.2) is 30.3 Å². The molecule has 0 atom stereocenters. The van der Waals surface area contributed by atoms with E-state index in [0.29, 0.717) is 13.0 Å². The minimum absolute atomic E-state index is 0.708. The van der Waals surface area contributed by atoms with Crippen LogP contribution >= 0.6 is 0 Å². The predicted molar refractivity (Wildman–Crippen MR) is 54.7 cm³/mol. The largest absolute Gasteiger partial charge is 0.301 e. The highest BCUT2D eigenvalue weighted by molar-refractivity contribution is 5.14. The summed E-state index contributed by atoms with van der Waals surface area (Å²) >= 11 is 0. The Kier molecular flexibility index (Phi) is 3.42. The summed E-state index contributed by atoms with van der Waals surface area (Å²) < 4.78 is 0. The average molecular weight is 179 g/mol. The Morgan fingerprint density at radius 2 is 1.85 bits per heavy atom. The van der Waals surface area contributed by atoms with Gasteiger partial charge >= 0.3 is 0 Å². The van der Waals surface area contributed by atoms with E-state index in [9.17, 15) is 0 Å². The maximum Gasteiger partial charge on any atom is 0.118 e. The van der Waals surface area contributed by atoms with Crippen LogP contribution in [0.1, 0.15) is 18.9 Å². The first-order valence-corrected chi connectivity index (χ1v) is 4.51. The molecule has 0 bridgehead atoms. The second kappa shape index (κ2) is 4.37. The Morgan fingerprint density at radius 3 is 2.38 bits per heavy atom. The minimum atomic E-state index is -0.754. The first kappa shape index (κ1) is 10.2. The van der Waals surface area contributed by atoms with Gasteiger partial charge in [-0.25, -0.2) is 0 Å². The molecule has 72 valence electrons. The molecule has 13 heavy (non-hydrogen) atoms. The Bertz CT molecular complexity index is 244. The van der Waals surface area contributed by atoms with Crippen LogP contribution < -0.4 is 16.8 Å². The topological polar surface area (TPSA) is 64.1 Å². The monoisotopic (exact) mass is 179 g/mol. The fraction of sp³-hybridized carbons (Fsp3) is 0.400. The summed E-state index contributed by atoms with van der Waals surface area (Å²) in [6, 6.07) is 10.1. The van der Waals surface area contributed by atoms with Gasteiger partial charge in [0.05, 0.1) is 0 Å². The van der Waals surface area contributed by atoms with E-state index in [2.05, 4.69) is 5.32 Å². The van der Waals surface area contributed by atoms with E-state index in [1.54, 1.807) is 0 Å². The molecule has 0 fully saturated rings. The molecule has 1 aromatic rings. The van der Waals surface area contributed by atoms with E-state index in [1.165, 1.54) is 5.56 Å². The minimum Gasteiger partial charge on any atom is -0.301 e. The summed E-state index contributed by atoms with van der Waals surface area (Å²) in [5.41, 5.74) is 12.7. The molecule has 3 heteroatoms. The van der Waals surface area contributed by atoms with Gasteiger partial charge in [0.1, 0.15) is 5.79 Å². The number of hydrogen-bond acceptors (Lipinski definition) is 3. The number of rotatable bonds is 4. The normalized spacial score (nSPS) is 11.6. The lowest BCUT2D eigenvalue weighted by Crippen LogP contribution is -2.60. The van der Waals surface area contributed by atoms with Crippen LogP contribution in [0, 0.1) is 0 Å². The second-order valence-electron chi connectivity index (χ2n) is 3.23. The first-order chi connectivity index (χ1) is 6.14. The van der Waals surface area contributed by atoms with Crippen molar-refractivity contribution in [2.75, 3.05) is 0 Å². The molecular formula is C10H17N3. The van der Waals surface area contributed by atoms with Crippen LogP contribution in [0.2, 0.25) is 0 Å². The van der Waals surface area contributed by atoms with Gasteiger partial charge in [-0.1, -0.05) is 37.3 Å². The van der Waals surface area contributed by atoms with Crippen LogP contribution in [0.4, 0.5) is 0 Å². The fourth-order valence-corrected chi connectivity index (χ4v) is 0.987. The van der Waals surface area contributed by atoms with Gasteiger partial charge in [-0.3, -0.25) is 5.32 Å². The lowest BCUT2D eigenvalue weighted by Gasteiger charge is -2.24. The van der Waals surface area contributed by atoms with Crippen molar-refractivity contribution in [3.8, 4) is 0 Å². The summed E-state index contributed by atoms with van der Waals surface area (Å²) in [6.07, 6.45) is 0.708. The van der Waals surface area contributed by atoms with Crippen molar-refractivity contribution >= 4 is 0 Å². The molecule has 5 N–H and O–H groups in total. The molecule has 0 unspecified atom stereocenters. The van der Waals surface area contributed by atoms with Gasteiger partial charge in [0.2, 0.25) is 0 Å². The van der Waals surface area contributed by atoms with E-state index in [-0.39, 0.29) is 0 Å². The zero-order valence-electron chi connectivity index (χ0n) is 7.96. The highest BCUT2D eigenvalue weighted by Gasteiger charge is 2.13. The summed E-state index contributed by atoms with van der Waals surface area (Å²) in [6.45, 7) is 2.67. The average Bonchev–Trinajstić information content (AvgIpc) is 2.17. The number of nitrogens with two attached hydrogens (primary N) is 2. The van der Waals surface area contributed by atoms with Crippen molar-refractivity contribution < 1.29 is 0 Å². The molecule has 0 aliphatic carbocycles. The van der Waals surface area contributed by atoms with Gasteiger partial charge in [0, 0.05) is 6.54 Å². The van der Waals surface area contributed by atoms with Crippen LogP contribution in [0.25, 0.3) is 0 Å². The lowest BCUT2D eigenvalue weighted by molar-refractivity contribution is 0.332. The molecule has 0 heterocycles. The smallest absolute Gasteiger partial charge is 0.118 e. The summed E-state index contributed by atoms with van der Waals surface area (Å²) in [4.78, 5) is 0. The third kappa shape index (κ3) is 3.55.